The van der Waals surface area contributed by atoms with Crippen LogP contribution in [0, 0.1) is 5.92 Å². The molecule has 1 aliphatic carbocycles. The van der Waals surface area contributed by atoms with Gasteiger partial charge in [0.2, 0.25) is 5.91 Å². The van der Waals surface area contributed by atoms with Crippen LogP contribution in [0.2, 0.25) is 0 Å². The van der Waals surface area contributed by atoms with Gasteiger partial charge in [-0.05, 0) is 51.5 Å². The molecule has 1 heterocycles. The fourth-order valence-electron chi connectivity index (χ4n) is 3.44. The second-order valence-corrected chi connectivity index (χ2v) is 6.07. The van der Waals surface area contributed by atoms with Crippen molar-refractivity contribution in [3.8, 4) is 0 Å². The Kier molecular flexibility index (Phi) is 5.61. The van der Waals surface area contributed by atoms with Crippen LogP contribution >= 0.6 is 0 Å². The van der Waals surface area contributed by atoms with E-state index in [-0.39, 0.29) is 18.6 Å². The van der Waals surface area contributed by atoms with Crippen molar-refractivity contribution in [3.63, 3.8) is 0 Å². The summed E-state index contributed by atoms with van der Waals surface area (Å²) in [5.41, 5.74) is 1.21. The molecule has 20 heavy (non-hydrogen) atoms. The molecule has 0 radical (unpaired) electrons. The van der Waals surface area contributed by atoms with Gasteiger partial charge >= 0.3 is 0 Å². The van der Waals surface area contributed by atoms with E-state index in [0.29, 0.717) is 12.5 Å². The topological polar surface area (TPSA) is 43.8 Å². The summed E-state index contributed by atoms with van der Waals surface area (Å²) in [5.74, 6) is 0.671. The van der Waals surface area contributed by atoms with Gasteiger partial charge < -0.3 is 10.0 Å². The number of aliphatic hydroxyl groups is 1. The average Bonchev–Trinajstić information content (AvgIpc) is 2.81. The molecule has 2 rings (SSSR count). The van der Waals surface area contributed by atoms with Crippen molar-refractivity contribution in [2.24, 2.45) is 5.92 Å². The van der Waals surface area contributed by atoms with Crippen LogP contribution in [0.5, 0.6) is 0 Å². The van der Waals surface area contributed by atoms with Crippen molar-refractivity contribution in [1.29, 1.82) is 0 Å². The van der Waals surface area contributed by atoms with Gasteiger partial charge in [-0.1, -0.05) is 13.0 Å². The molecule has 1 saturated heterocycles. The second kappa shape index (κ2) is 7.23. The van der Waals surface area contributed by atoms with Gasteiger partial charge in [-0.2, -0.15) is 0 Å². The van der Waals surface area contributed by atoms with Gasteiger partial charge in [0.05, 0.1) is 13.2 Å². The van der Waals surface area contributed by atoms with Crippen LogP contribution in [-0.2, 0) is 4.79 Å². The largest absolute Gasteiger partial charge is 0.395 e. The van der Waals surface area contributed by atoms with Crippen molar-refractivity contribution >= 4 is 5.91 Å². The van der Waals surface area contributed by atoms with Gasteiger partial charge in [-0.15, -0.1) is 0 Å². The van der Waals surface area contributed by atoms with E-state index in [9.17, 15) is 9.90 Å². The van der Waals surface area contributed by atoms with Crippen LogP contribution in [0.4, 0.5) is 0 Å². The number of amides is 1. The van der Waals surface area contributed by atoms with Gasteiger partial charge in [0, 0.05) is 18.3 Å². The number of rotatable bonds is 5. The van der Waals surface area contributed by atoms with Crippen LogP contribution < -0.4 is 0 Å². The molecule has 1 N–H and O–H groups in total. The highest BCUT2D eigenvalue weighted by Gasteiger charge is 2.32. The molecule has 1 aliphatic heterocycles. The molecule has 2 atom stereocenters. The Hall–Kier alpha value is -0.870. The monoisotopic (exact) mass is 280 g/mol. The van der Waals surface area contributed by atoms with E-state index in [1.165, 1.54) is 18.5 Å². The van der Waals surface area contributed by atoms with E-state index in [1.54, 1.807) is 0 Å². The summed E-state index contributed by atoms with van der Waals surface area (Å²) in [7, 11) is 0. The lowest BCUT2D eigenvalue weighted by Gasteiger charge is -2.30. The molecule has 0 aromatic heterocycles. The lowest BCUT2D eigenvalue weighted by molar-refractivity contribution is -0.131. The molecular weight excluding hydrogens is 252 g/mol. The van der Waals surface area contributed by atoms with Gasteiger partial charge in [-0.25, -0.2) is 0 Å². The molecule has 1 fully saturated rings. The minimum absolute atomic E-state index is 0.151. The fraction of sp³-hybridized carbons (Fsp3) is 0.812. The molecule has 2 unspecified atom stereocenters. The minimum atomic E-state index is 0.151. The standard InChI is InChI=1S/C16H28N2O2/c1-3-18(14-7-5-4-6-8-14)16(20)11-17-10-9-13(2)15(17)12-19/h7,13,15,19H,3-6,8-12H2,1-2H3. The SMILES string of the molecule is CCN(C(=O)CN1CCC(C)C1CO)C1=CCCCC1. The zero-order valence-corrected chi connectivity index (χ0v) is 12.8. The quantitative estimate of drug-likeness (QED) is 0.837. The number of likely N-dealkylation sites (N-methyl/N-ethyl adjacent to an activating group) is 1. The Morgan fingerprint density at radius 3 is 2.90 bits per heavy atom. The number of hydrogen-bond acceptors (Lipinski definition) is 3. The molecule has 114 valence electrons. The first-order valence-electron chi connectivity index (χ1n) is 8.01. The van der Waals surface area contributed by atoms with E-state index in [1.807, 2.05) is 11.8 Å². The first kappa shape index (κ1) is 15.5. The molecule has 0 spiro atoms. The summed E-state index contributed by atoms with van der Waals surface area (Å²) >= 11 is 0. The predicted octanol–water partition coefficient (Wildman–Crippen LogP) is 2.00. The number of carbonyl (C=O) groups is 1. The minimum Gasteiger partial charge on any atom is -0.395 e. The summed E-state index contributed by atoms with van der Waals surface area (Å²) in [6.07, 6.45) is 7.86. The Morgan fingerprint density at radius 2 is 2.30 bits per heavy atom. The second-order valence-electron chi connectivity index (χ2n) is 6.07. The third-order valence-corrected chi connectivity index (χ3v) is 4.75. The van der Waals surface area contributed by atoms with Crippen LogP contribution in [0.1, 0.15) is 46.0 Å². The van der Waals surface area contributed by atoms with Crippen molar-refractivity contribution < 1.29 is 9.90 Å². The van der Waals surface area contributed by atoms with Crippen molar-refractivity contribution in [2.75, 3.05) is 26.2 Å². The lowest BCUT2D eigenvalue weighted by atomic mass is 10.0. The van der Waals surface area contributed by atoms with Gasteiger partial charge in [0.1, 0.15) is 0 Å². The van der Waals surface area contributed by atoms with Gasteiger partial charge in [0.25, 0.3) is 0 Å². The van der Waals surface area contributed by atoms with E-state index in [2.05, 4.69) is 17.9 Å². The Labute approximate surface area is 122 Å². The smallest absolute Gasteiger partial charge is 0.240 e. The third-order valence-electron chi connectivity index (χ3n) is 4.75. The van der Waals surface area contributed by atoms with Crippen LogP contribution in [0.3, 0.4) is 0 Å². The number of hydrogen-bond donors (Lipinski definition) is 1. The molecule has 1 amide bonds. The van der Waals surface area contributed by atoms with E-state index in [0.717, 1.165) is 32.4 Å². The first-order valence-corrected chi connectivity index (χ1v) is 8.01. The molecule has 4 nitrogen and oxygen atoms in total. The number of likely N-dealkylation sites (tertiary alicyclic amines) is 1. The number of aliphatic hydroxyl groups excluding tert-OH is 1. The highest BCUT2D eigenvalue weighted by molar-refractivity contribution is 5.80. The highest BCUT2D eigenvalue weighted by Crippen LogP contribution is 2.25. The van der Waals surface area contributed by atoms with E-state index in [4.69, 9.17) is 0 Å². The van der Waals surface area contributed by atoms with Crippen molar-refractivity contribution in [2.45, 2.75) is 52.0 Å². The Morgan fingerprint density at radius 1 is 1.50 bits per heavy atom. The summed E-state index contributed by atoms with van der Waals surface area (Å²) in [5, 5.41) is 9.49. The predicted molar refractivity (Wildman–Crippen MR) is 80.2 cm³/mol. The van der Waals surface area contributed by atoms with Crippen LogP contribution in [0.25, 0.3) is 0 Å². The number of carbonyl (C=O) groups excluding carboxylic acids is 1. The normalized spacial score (nSPS) is 27.4. The van der Waals surface area contributed by atoms with Crippen molar-refractivity contribution in [1.82, 2.24) is 9.80 Å². The maximum Gasteiger partial charge on any atom is 0.240 e. The average molecular weight is 280 g/mol. The summed E-state index contributed by atoms with van der Waals surface area (Å²) in [4.78, 5) is 16.7. The van der Waals surface area contributed by atoms with Crippen LogP contribution in [0.15, 0.2) is 11.8 Å². The number of nitrogens with zero attached hydrogens (tertiary/aromatic N) is 2. The fourth-order valence-corrected chi connectivity index (χ4v) is 3.44. The molecule has 0 aromatic rings. The van der Waals surface area contributed by atoms with E-state index < -0.39 is 0 Å². The molecule has 4 heteroatoms. The zero-order valence-electron chi connectivity index (χ0n) is 12.8. The van der Waals surface area contributed by atoms with Gasteiger partial charge in [0.15, 0.2) is 0 Å². The van der Waals surface area contributed by atoms with Crippen molar-refractivity contribution in [3.05, 3.63) is 11.8 Å². The Bertz CT molecular complexity index is 367. The summed E-state index contributed by atoms with van der Waals surface area (Å²) < 4.78 is 0. The maximum atomic E-state index is 12.6. The summed E-state index contributed by atoms with van der Waals surface area (Å²) in [6, 6.07) is 0.151. The third kappa shape index (κ3) is 3.41. The lowest BCUT2D eigenvalue weighted by Crippen LogP contribution is -2.44. The molecular formula is C16H28N2O2. The molecule has 0 aromatic carbocycles. The zero-order chi connectivity index (χ0) is 14.5. The molecule has 0 bridgehead atoms. The number of allylic oxidation sites excluding steroid dienone is 2. The summed E-state index contributed by atoms with van der Waals surface area (Å²) in [6.45, 7) is 6.48. The van der Waals surface area contributed by atoms with E-state index >= 15 is 0 Å². The highest BCUT2D eigenvalue weighted by atomic mass is 16.3. The Balaban J connectivity index is 1.97. The first-order chi connectivity index (χ1) is 9.67. The van der Waals surface area contributed by atoms with Crippen LogP contribution in [-0.4, -0.2) is 53.1 Å². The molecule has 2 aliphatic rings. The molecule has 0 saturated carbocycles. The van der Waals surface area contributed by atoms with Gasteiger partial charge in [-0.3, -0.25) is 9.69 Å². The maximum absolute atomic E-state index is 12.6.